The van der Waals surface area contributed by atoms with Crippen LogP contribution < -0.4 is 11.5 Å². The molecule has 0 amide bonds. The van der Waals surface area contributed by atoms with Crippen LogP contribution >= 0.6 is 0 Å². The molecule has 0 saturated heterocycles. The van der Waals surface area contributed by atoms with E-state index >= 15 is 0 Å². The number of hydrogen-bond acceptors (Lipinski definition) is 4. The van der Waals surface area contributed by atoms with Crippen LogP contribution in [0.3, 0.4) is 0 Å². The van der Waals surface area contributed by atoms with Gasteiger partial charge in [0.15, 0.2) is 0 Å². The largest absolute Gasteiger partial charge is 0.417 e. The smallest absolute Gasteiger partial charge is 0.384 e. The van der Waals surface area contributed by atoms with E-state index in [1.807, 2.05) is 0 Å². The monoisotopic (exact) mass is 272 g/mol. The Balaban J connectivity index is 2.68. The van der Waals surface area contributed by atoms with E-state index in [1.54, 1.807) is 0 Å². The fourth-order valence-corrected chi connectivity index (χ4v) is 1.60. The highest BCUT2D eigenvalue weighted by molar-refractivity contribution is 5.67. The van der Waals surface area contributed by atoms with Crippen molar-refractivity contribution in [2.75, 3.05) is 11.5 Å². The molecule has 0 radical (unpaired) electrons. The van der Waals surface area contributed by atoms with Gasteiger partial charge in [-0.15, -0.1) is 0 Å². The first-order valence-electron chi connectivity index (χ1n) is 5.04. The van der Waals surface area contributed by atoms with Gasteiger partial charge in [-0.05, 0) is 18.2 Å². The van der Waals surface area contributed by atoms with E-state index in [4.69, 9.17) is 11.5 Å². The van der Waals surface area contributed by atoms with Crippen molar-refractivity contribution in [2.24, 2.45) is 0 Å². The maximum Gasteiger partial charge on any atom is 0.417 e. The van der Waals surface area contributed by atoms with E-state index < -0.39 is 17.6 Å². The summed E-state index contributed by atoms with van der Waals surface area (Å²) in [5.41, 5.74) is 9.16. The maximum atomic E-state index is 13.0. The Kier molecular flexibility index (Phi) is 3.01. The van der Waals surface area contributed by atoms with Crippen molar-refractivity contribution in [2.45, 2.75) is 6.18 Å². The van der Waals surface area contributed by atoms with Crippen LogP contribution in [0.25, 0.3) is 11.3 Å². The standard InChI is InChI=1S/C11H8F4N4/c12-5-1-2-6(7(3-5)11(13,14)15)8-4-9(16)19-10(17)18-8/h1-4H,(H4,16,17,18,19). The topological polar surface area (TPSA) is 77.8 Å². The third kappa shape index (κ3) is 2.72. The second kappa shape index (κ2) is 4.38. The predicted molar refractivity (Wildman–Crippen MR) is 61.3 cm³/mol. The summed E-state index contributed by atoms with van der Waals surface area (Å²) in [6.07, 6.45) is -4.72. The molecule has 0 saturated carbocycles. The van der Waals surface area contributed by atoms with E-state index in [0.717, 1.165) is 18.2 Å². The van der Waals surface area contributed by atoms with Gasteiger partial charge in [0.05, 0.1) is 11.3 Å². The molecule has 4 nitrogen and oxygen atoms in total. The number of aromatic nitrogens is 2. The molecule has 0 unspecified atom stereocenters. The highest BCUT2D eigenvalue weighted by Crippen LogP contribution is 2.37. The van der Waals surface area contributed by atoms with Crippen LogP contribution in [0, 0.1) is 5.82 Å². The van der Waals surface area contributed by atoms with Crippen LogP contribution in [0.15, 0.2) is 24.3 Å². The molecule has 8 heteroatoms. The highest BCUT2D eigenvalue weighted by Gasteiger charge is 2.34. The molecule has 2 aromatic rings. The van der Waals surface area contributed by atoms with Crippen molar-refractivity contribution >= 4 is 11.8 Å². The number of nitrogens with zero attached hydrogens (tertiary/aromatic N) is 2. The number of nitrogens with two attached hydrogens (primary N) is 2. The zero-order valence-electron chi connectivity index (χ0n) is 9.37. The number of alkyl halides is 3. The summed E-state index contributed by atoms with van der Waals surface area (Å²) in [5, 5.41) is 0. The van der Waals surface area contributed by atoms with Crippen molar-refractivity contribution < 1.29 is 17.6 Å². The molecule has 4 N–H and O–H groups in total. The molecule has 0 aliphatic heterocycles. The molecule has 19 heavy (non-hydrogen) atoms. The van der Waals surface area contributed by atoms with Gasteiger partial charge in [0, 0.05) is 11.6 Å². The Morgan fingerprint density at radius 1 is 1.00 bits per heavy atom. The van der Waals surface area contributed by atoms with Crippen LogP contribution in [0.5, 0.6) is 0 Å². The first-order chi connectivity index (χ1) is 8.77. The number of hydrogen-bond donors (Lipinski definition) is 2. The third-order valence-corrected chi connectivity index (χ3v) is 2.33. The lowest BCUT2D eigenvalue weighted by Gasteiger charge is -2.13. The fraction of sp³-hybridized carbons (Fsp3) is 0.0909. The Bertz CT molecular complexity index is 604. The first-order valence-corrected chi connectivity index (χ1v) is 5.04. The summed E-state index contributed by atoms with van der Waals surface area (Å²) >= 11 is 0. The molecule has 0 bridgehead atoms. The average Bonchev–Trinajstić information content (AvgIpc) is 2.26. The molecule has 1 heterocycles. The van der Waals surface area contributed by atoms with Crippen molar-refractivity contribution in [3.63, 3.8) is 0 Å². The Morgan fingerprint density at radius 3 is 2.26 bits per heavy atom. The Hall–Kier alpha value is -2.38. The van der Waals surface area contributed by atoms with Crippen LogP contribution in [0.1, 0.15) is 5.56 Å². The summed E-state index contributed by atoms with van der Waals surface area (Å²) < 4.78 is 51.5. The van der Waals surface area contributed by atoms with E-state index in [9.17, 15) is 17.6 Å². The zero-order valence-corrected chi connectivity index (χ0v) is 9.37. The summed E-state index contributed by atoms with van der Waals surface area (Å²) in [5.74, 6) is -1.32. The molecule has 1 aromatic carbocycles. The highest BCUT2D eigenvalue weighted by atomic mass is 19.4. The lowest BCUT2D eigenvalue weighted by atomic mass is 10.0. The number of halogens is 4. The molecular weight excluding hydrogens is 264 g/mol. The zero-order chi connectivity index (χ0) is 14.2. The van der Waals surface area contributed by atoms with E-state index in [-0.39, 0.29) is 23.0 Å². The first kappa shape index (κ1) is 13.1. The second-order valence-electron chi connectivity index (χ2n) is 3.72. The quantitative estimate of drug-likeness (QED) is 0.782. The van der Waals surface area contributed by atoms with Crippen molar-refractivity contribution in [3.8, 4) is 11.3 Å². The average molecular weight is 272 g/mol. The van der Waals surface area contributed by atoms with Crippen molar-refractivity contribution in [1.82, 2.24) is 9.97 Å². The van der Waals surface area contributed by atoms with Crippen molar-refractivity contribution in [1.29, 1.82) is 0 Å². The minimum Gasteiger partial charge on any atom is -0.384 e. The van der Waals surface area contributed by atoms with Gasteiger partial charge in [-0.1, -0.05) is 0 Å². The van der Waals surface area contributed by atoms with Crippen LogP contribution in [-0.2, 0) is 6.18 Å². The Morgan fingerprint density at radius 2 is 1.68 bits per heavy atom. The van der Waals surface area contributed by atoms with Gasteiger partial charge in [-0.3, -0.25) is 0 Å². The SMILES string of the molecule is Nc1cc(-c2ccc(F)cc2C(F)(F)F)nc(N)n1. The van der Waals surface area contributed by atoms with Gasteiger partial charge < -0.3 is 11.5 Å². The number of benzene rings is 1. The van der Waals surface area contributed by atoms with Gasteiger partial charge in [-0.2, -0.15) is 18.2 Å². The van der Waals surface area contributed by atoms with Gasteiger partial charge >= 0.3 is 6.18 Å². The molecular formula is C11H8F4N4. The van der Waals surface area contributed by atoms with Crippen LogP contribution in [-0.4, -0.2) is 9.97 Å². The molecule has 0 aliphatic rings. The van der Waals surface area contributed by atoms with Gasteiger partial charge in [0.2, 0.25) is 5.95 Å². The predicted octanol–water partition coefficient (Wildman–Crippen LogP) is 2.47. The van der Waals surface area contributed by atoms with E-state index in [2.05, 4.69) is 9.97 Å². The lowest BCUT2D eigenvalue weighted by molar-refractivity contribution is -0.137. The summed E-state index contributed by atoms with van der Waals surface area (Å²) in [4.78, 5) is 7.23. The molecule has 0 fully saturated rings. The normalized spacial score (nSPS) is 11.6. The van der Waals surface area contributed by atoms with Crippen LogP contribution in [0.4, 0.5) is 29.3 Å². The summed E-state index contributed by atoms with van der Waals surface area (Å²) in [6.45, 7) is 0. The molecule has 0 aliphatic carbocycles. The third-order valence-electron chi connectivity index (χ3n) is 2.33. The maximum absolute atomic E-state index is 13.0. The van der Waals surface area contributed by atoms with E-state index in [0.29, 0.717) is 6.07 Å². The molecule has 100 valence electrons. The number of nitrogen functional groups attached to an aromatic ring is 2. The minimum atomic E-state index is -4.72. The van der Waals surface area contributed by atoms with Crippen LogP contribution in [0.2, 0.25) is 0 Å². The van der Waals surface area contributed by atoms with Gasteiger partial charge in [0.1, 0.15) is 11.6 Å². The molecule has 0 atom stereocenters. The minimum absolute atomic E-state index is 0.0695. The molecule has 0 spiro atoms. The van der Waals surface area contributed by atoms with E-state index in [1.165, 1.54) is 0 Å². The fourth-order valence-electron chi connectivity index (χ4n) is 1.60. The summed E-state index contributed by atoms with van der Waals surface area (Å²) in [7, 11) is 0. The van der Waals surface area contributed by atoms with Gasteiger partial charge in [0.25, 0.3) is 0 Å². The number of anilines is 2. The number of rotatable bonds is 1. The Labute approximate surface area is 105 Å². The molecule has 2 rings (SSSR count). The molecule has 1 aromatic heterocycles. The van der Waals surface area contributed by atoms with Gasteiger partial charge in [-0.25, -0.2) is 9.37 Å². The van der Waals surface area contributed by atoms with Crippen molar-refractivity contribution in [3.05, 3.63) is 35.6 Å². The lowest BCUT2D eigenvalue weighted by Crippen LogP contribution is -2.09. The summed E-state index contributed by atoms with van der Waals surface area (Å²) in [6, 6.07) is 3.40. The second-order valence-corrected chi connectivity index (χ2v) is 3.72.